The van der Waals surface area contributed by atoms with Gasteiger partial charge in [0.15, 0.2) is 0 Å². The third-order valence-corrected chi connectivity index (χ3v) is 13.1. The first-order valence-electron chi connectivity index (χ1n) is 18.6. The summed E-state index contributed by atoms with van der Waals surface area (Å²) < 4.78 is 5.29. The van der Waals surface area contributed by atoms with Gasteiger partial charge >= 0.3 is 0 Å². The van der Waals surface area contributed by atoms with Gasteiger partial charge in [-0.2, -0.15) is 0 Å². The fourth-order valence-electron chi connectivity index (χ4n) is 8.08. The van der Waals surface area contributed by atoms with E-state index in [1.54, 1.807) is 0 Å². The highest BCUT2D eigenvalue weighted by Crippen LogP contribution is 2.42. The molecule has 1 nitrogen and oxygen atoms in total. The van der Waals surface area contributed by atoms with Crippen LogP contribution in [-0.4, -0.2) is 0 Å². The van der Waals surface area contributed by atoms with Crippen LogP contribution in [0.2, 0.25) is 0 Å². The Morgan fingerprint density at radius 3 is 1.31 bits per heavy atom. The monoisotopic (exact) mass is 735 g/mol. The second-order valence-corrected chi connectivity index (χ2v) is 16.3. The van der Waals surface area contributed by atoms with Crippen LogP contribution in [0.3, 0.4) is 0 Å². The van der Waals surface area contributed by atoms with Crippen molar-refractivity contribution in [2.24, 2.45) is 0 Å². The van der Waals surface area contributed by atoms with Gasteiger partial charge in [-0.25, -0.2) is 0 Å². The molecule has 0 N–H and O–H groups in total. The molecule has 0 aliphatic rings. The van der Waals surface area contributed by atoms with Gasteiger partial charge < -0.3 is 4.90 Å². The van der Waals surface area contributed by atoms with E-state index in [9.17, 15) is 0 Å². The Hall–Kier alpha value is -6.52. The highest BCUT2D eigenvalue weighted by molar-refractivity contribution is 7.26. The molecule has 0 unspecified atom stereocenters. The molecule has 55 heavy (non-hydrogen) atoms. The minimum Gasteiger partial charge on any atom is -0.310 e. The first-order valence-corrected chi connectivity index (χ1v) is 20.3. The summed E-state index contributed by atoms with van der Waals surface area (Å²) in [6.45, 7) is 0. The maximum absolute atomic E-state index is 2.40. The number of anilines is 3. The number of hydrogen-bond acceptors (Lipinski definition) is 3. The summed E-state index contributed by atoms with van der Waals surface area (Å²) in [4.78, 5) is 2.40. The Morgan fingerprint density at radius 2 is 0.709 bits per heavy atom. The lowest BCUT2D eigenvalue weighted by Crippen LogP contribution is -2.10. The summed E-state index contributed by atoms with van der Waals surface area (Å²) in [5, 5.41) is 7.77. The molecule has 0 fully saturated rings. The predicted octanol–water partition coefficient (Wildman–Crippen LogP) is 16.0. The fraction of sp³-hybridized carbons (Fsp3) is 0. The quantitative estimate of drug-likeness (QED) is 0.164. The fourth-order valence-corrected chi connectivity index (χ4v) is 10.3. The SMILES string of the molecule is c1cc(-c2ccc3sc4ccccc4c3c2)cc(N(c2ccc(-c3ccc4ccccc4c3)cc2)c2cccc(-c3ccc4sc5ccccc5c4c3)c2)c1. The molecule has 0 spiro atoms. The van der Waals surface area contributed by atoms with E-state index in [4.69, 9.17) is 0 Å². The van der Waals surface area contributed by atoms with Crippen molar-refractivity contribution in [3.8, 4) is 33.4 Å². The largest absolute Gasteiger partial charge is 0.310 e. The van der Waals surface area contributed by atoms with Crippen molar-refractivity contribution in [3.63, 3.8) is 0 Å². The third-order valence-electron chi connectivity index (χ3n) is 10.8. The van der Waals surface area contributed by atoms with Crippen LogP contribution in [0.5, 0.6) is 0 Å². The highest BCUT2D eigenvalue weighted by Gasteiger charge is 2.16. The molecule has 0 saturated carbocycles. The predicted molar refractivity (Wildman–Crippen MR) is 241 cm³/mol. The van der Waals surface area contributed by atoms with Gasteiger partial charge in [-0.1, -0.05) is 121 Å². The smallest absolute Gasteiger partial charge is 0.0467 e. The highest BCUT2D eigenvalue weighted by atomic mass is 32.1. The molecule has 0 saturated heterocycles. The molecule has 0 aliphatic heterocycles. The van der Waals surface area contributed by atoms with Crippen LogP contribution in [-0.2, 0) is 0 Å². The molecule has 2 heterocycles. The molecule has 0 radical (unpaired) electrons. The first kappa shape index (κ1) is 32.0. The van der Waals surface area contributed by atoms with Gasteiger partial charge in [0.2, 0.25) is 0 Å². The zero-order valence-electron chi connectivity index (χ0n) is 29.8. The molecule has 11 aromatic rings. The summed E-state index contributed by atoms with van der Waals surface area (Å²) >= 11 is 3.72. The van der Waals surface area contributed by atoms with Crippen LogP contribution >= 0.6 is 22.7 Å². The number of rotatable bonds is 6. The van der Waals surface area contributed by atoms with E-state index in [2.05, 4.69) is 205 Å². The molecule has 0 atom stereocenters. The lowest BCUT2D eigenvalue weighted by Gasteiger charge is -2.27. The second kappa shape index (κ2) is 13.1. The molecule has 2 aromatic heterocycles. The summed E-state index contributed by atoms with van der Waals surface area (Å²) in [7, 11) is 0. The van der Waals surface area contributed by atoms with Gasteiger partial charge in [-0.15, -0.1) is 22.7 Å². The number of fused-ring (bicyclic) bond motifs is 7. The summed E-state index contributed by atoms with van der Waals surface area (Å²) in [6.07, 6.45) is 0. The number of benzene rings is 9. The standard InChI is InChI=1S/C52H33NS2/c1-2-10-36-29-39(20-19-34(36)9-1)35-21-25-42(26-22-35)53(43-13-7-11-37(30-43)40-23-27-51-47(32-40)45-15-3-5-17-49(45)54-51)44-14-8-12-38(31-44)41-24-28-52-48(33-41)46-16-4-6-18-50(46)55-52/h1-33H. The van der Waals surface area contributed by atoms with Gasteiger partial charge in [-0.05, 0) is 123 Å². The topological polar surface area (TPSA) is 3.24 Å². The molecule has 0 amide bonds. The van der Waals surface area contributed by atoms with Crippen molar-refractivity contribution in [1.29, 1.82) is 0 Å². The minimum atomic E-state index is 1.11. The Bertz CT molecular complexity index is 3060. The zero-order chi connectivity index (χ0) is 36.3. The van der Waals surface area contributed by atoms with Crippen LogP contribution in [0.4, 0.5) is 17.1 Å². The maximum Gasteiger partial charge on any atom is 0.0467 e. The van der Waals surface area contributed by atoms with Crippen LogP contribution in [0.25, 0.3) is 84.5 Å². The van der Waals surface area contributed by atoms with E-state index in [0.717, 1.165) is 17.1 Å². The van der Waals surface area contributed by atoms with Crippen LogP contribution in [0.1, 0.15) is 0 Å². The lowest BCUT2D eigenvalue weighted by molar-refractivity contribution is 1.28. The molecule has 258 valence electrons. The zero-order valence-corrected chi connectivity index (χ0v) is 31.4. The number of nitrogens with zero attached hydrogens (tertiary/aromatic N) is 1. The second-order valence-electron chi connectivity index (χ2n) is 14.2. The number of thiophene rings is 2. The Kier molecular flexibility index (Phi) is 7.61. The van der Waals surface area contributed by atoms with E-state index in [0.29, 0.717) is 0 Å². The first-order chi connectivity index (χ1) is 27.2. The van der Waals surface area contributed by atoms with Crippen molar-refractivity contribution in [3.05, 3.63) is 200 Å². The van der Waals surface area contributed by atoms with Crippen LogP contribution in [0, 0.1) is 0 Å². The normalized spacial score (nSPS) is 11.6. The third kappa shape index (κ3) is 5.68. The van der Waals surface area contributed by atoms with Crippen LogP contribution in [0.15, 0.2) is 200 Å². The molecule has 9 aromatic carbocycles. The van der Waals surface area contributed by atoms with Gasteiger partial charge in [-0.3, -0.25) is 0 Å². The molecule has 0 aliphatic carbocycles. The molecule has 11 rings (SSSR count). The Balaban J connectivity index is 1.03. The van der Waals surface area contributed by atoms with Crippen molar-refractivity contribution in [2.75, 3.05) is 4.90 Å². The van der Waals surface area contributed by atoms with E-state index in [-0.39, 0.29) is 0 Å². The van der Waals surface area contributed by atoms with Crippen molar-refractivity contribution in [1.82, 2.24) is 0 Å². The van der Waals surface area contributed by atoms with E-state index in [1.807, 2.05) is 22.7 Å². The summed E-state index contributed by atoms with van der Waals surface area (Å²) in [6, 6.07) is 73.6. The van der Waals surface area contributed by atoms with Gasteiger partial charge in [0.05, 0.1) is 0 Å². The molecular formula is C52H33NS2. The summed E-state index contributed by atoms with van der Waals surface area (Å²) in [5.41, 5.74) is 10.6. The van der Waals surface area contributed by atoms with Gasteiger partial charge in [0.1, 0.15) is 0 Å². The Morgan fingerprint density at radius 1 is 0.255 bits per heavy atom. The maximum atomic E-state index is 2.40. The molecule has 0 bridgehead atoms. The van der Waals surface area contributed by atoms with Gasteiger partial charge in [0.25, 0.3) is 0 Å². The van der Waals surface area contributed by atoms with E-state index < -0.39 is 0 Å². The average molecular weight is 736 g/mol. The van der Waals surface area contributed by atoms with Crippen molar-refractivity contribution in [2.45, 2.75) is 0 Å². The van der Waals surface area contributed by atoms with Crippen molar-refractivity contribution < 1.29 is 0 Å². The van der Waals surface area contributed by atoms with Crippen LogP contribution < -0.4 is 4.90 Å². The minimum absolute atomic E-state index is 1.11. The van der Waals surface area contributed by atoms with Gasteiger partial charge in [0, 0.05) is 57.4 Å². The summed E-state index contributed by atoms with van der Waals surface area (Å²) in [5.74, 6) is 0. The lowest BCUT2D eigenvalue weighted by atomic mass is 9.99. The molecular weight excluding hydrogens is 703 g/mol. The Labute approximate surface area is 327 Å². The number of hydrogen-bond donors (Lipinski definition) is 0. The average Bonchev–Trinajstić information content (AvgIpc) is 3.82. The molecule has 3 heteroatoms. The van der Waals surface area contributed by atoms with Crippen molar-refractivity contribution >= 4 is 90.9 Å². The van der Waals surface area contributed by atoms with E-state index in [1.165, 1.54) is 84.5 Å². The van der Waals surface area contributed by atoms with E-state index >= 15 is 0 Å².